The lowest BCUT2D eigenvalue weighted by atomic mass is 9.33. The Kier molecular flexibility index (Phi) is 11.0. The van der Waals surface area contributed by atoms with Crippen LogP contribution in [0.2, 0.25) is 0 Å². The molecule has 14 nitrogen and oxygen atoms in total. The van der Waals surface area contributed by atoms with Crippen LogP contribution >= 0.6 is 0 Å². The lowest BCUT2D eigenvalue weighted by molar-refractivity contribution is -0.368. The molecule has 14 heteroatoms. The molecule has 7 aliphatic rings. The monoisotopic (exact) mass is 796 g/mol. The molecule has 0 radical (unpaired) electrons. The lowest BCUT2D eigenvalue weighted by Gasteiger charge is -2.71. The molecule has 0 aromatic heterocycles. The number of hydrogen-bond acceptors (Lipinski definition) is 13. The number of rotatable bonds is 7. The van der Waals surface area contributed by atoms with E-state index >= 15 is 0 Å². The summed E-state index contributed by atoms with van der Waals surface area (Å²) < 4.78 is 23.9. The molecule has 5 aliphatic carbocycles. The number of ether oxygens (including phenoxy) is 4. The van der Waals surface area contributed by atoms with E-state index in [0.29, 0.717) is 31.6 Å². The molecule has 0 unspecified atom stereocenters. The summed E-state index contributed by atoms with van der Waals surface area (Å²) in [7, 11) is 0. The van der Waals surface area contributed by atoms with Crippen LogP contribution in [-0.2, 0) is 23.7 Å². The molecular formula is C42H68O14. The van der Waals surface area contributed by atoms with Crippen molar-refractivity contribution in [3.8, 4) is 0 Å². The van der Waals surface area contributed by atoms with E-state index < -0.39 is 97.5 Å². The Labute approximate surface area is 330 Å². The smallest absolute Gasteiger partial charge is 0.312 e. The minimum atomic E-state index is -1.75. The Bertz CT molecular complexity index is 1520. The summed E-state index contributed by atoms with van der Waals surface area (Å²) in [5.74, 6) is -0.551. The van der Waals surface area contributed by atoms with Gasteiger partial charge in [-0.25, -0.2) is 0 Å². The van der Waals surface area contributed by atoms with Gasteiger partial charge in [-0.15, -0.1) is 0 Å². The van der Waals surface area contributed by atoms with Gasteiger partial charge >= 0.3 is 5.97 Å². The average Bonchev–Trinajstić information content (AvgIpc) is 3.12. The molecule has 4 saturated carbocycles. The van der Waals surface area contributed by atoms with E-state index in [9.17, 15) is 50.8 Å². The number of fused-ring (bicyclic) bond motifs is 7. The zero-order valence-corrected chi connectivity index (χ0v) is 34.1. The van der Waals surface area contributed by atoms with Gasteiger partial charge in [-0.05, 0) is 103 Å². The molecular weight excluding hydrogens is 728 g/mol. The van der Waals surface area contributed by atoms with Crippen molar-refractivity contribution in [3.05, 3.63) is 11.6 Å². The summed E-state index contributed by atoms with van der Waals surface area (Å²) in [5, 5.41) is 95.7. The highest BCUT2D eigenvalue weighted by Crippen LogP contribution is 2.76. The van der Waals surface area contributed by atoms with Crippen molar-refractivity contribution in [3.63, 3.8) is 0 Å². The topological polar surface area (TPSA) is 236 Å². The summed E-state index contributed by atoms with van der Waals surface area (Å²) in [6.45, 7) is 14.6. The molecule has 0 amide bonds. The number of carboxylic acid groups (broad SMARTS) is 1. The minimum absolute atomic E-state index is 0.0857. The fraction of sp³-hybridized carbons (Fsp3) is 0.929. The zero-order valence-electron chi connectivity index (χ0n) is 34.1. The first-order chi connectivity index (χ1) is 26.0. The van der Waals surface area contributed by atoms with Gasteiger partial charge in [-0.1, -0.05) is 60.1 Å². The standard InChI is InChI=1S/C42H68O14/c1-37(2)16-21-20-8-9-25-39(5)12-11-27(38(3,4)24(39)10-13-41(25,7)40(20,6)14-15-42(21,36(51)52)26(45)17-37)55-34-32(50)30(48)33(23(19-44)54-34)56-35-31(49)29(47)28(46)22(18-43)53-35/h8,21-35,43-50H,9-19H2,1-7H3,(H,51,52)/t21-,22+,23+,24-,25+,26+,27+,28+,29-,30+,31+,32+,33+,34-,35-,39-,40+,41+,42-/m0/s1. The minimum Gasteiger partial charge on any atom is -0.481 e. The first-order valence-electron chi connectivity index (χ1n) is 20.9. The SMILES string of the molecule is CC1(C)C[C@@H](O)[C@]2(C(=O)O)CC[C@]3(C)C(=CC[C@@H]4[C@@]5(C)CC[C@@H](O[C@@H]6O[C@H](CO)[C@@H](O[C@@H]7O[C@H](CO)[C@@H](O)[C@H](O)[C@H]7O)[C@H](O)[C@H]6O)C(C)(C)[C@@H]5CC[C@]43C)[C@@H]2C1. The van der Waals surface area contributed by atoms with Crippen LogP contribution in [0.1, 0.15) is 106 Å². The van der Waals surface area contributed by atoms with Crippen molar-refractivity contribution in [2.24, 2.45) is 50.2 Å². The van der Waals surface area contributed by atoms with Crippen LogP contribution in [0.15, 0.2) is 11.6 Å². The highest BCUT2D eigenvalue weighted by Gasteiger charge is 2.71. The maximum Gasteiger partial charge on any atom is 0.312 e. The van der Waals surface area contributed by atoms with Crippen LogP contribution in [0.4, 0.5) is 0 Å². The van der Waals surface area contributed by atoms with Crippen LogP contribution < -0.4 is 0 Å². The Hall–Kier alpha value is -1.27. The van der Waals surface area contributed by atoms with Crippen LogP contribution in [0, 0.1) is 50.2 Å². The van der Waals surface area contributed by atoms with E-state index in [1.54, 1.807) is 0 Å². The van der Waals surface area contributed by atoms with Crippen molar-refractivity contribution >= 4 is 5.97 Å². The molecule has 0 aromatic carbocycles. The predicted molar refractivity (Wildman–Crippen MR) is 199 cm³/mol. The molecule has 0 aromatic rings. The summed E-state index contributed by atoms with van der Waals surface area (Å²) in [6.07, 6.45) is -7.43. The molecule has 2 saturated heterocycles. The van der Waals surface area contributed by atoms with Crippen LogP contribution in [-0.4, -0.2) is 139 Å². The third kappa shape index (κ3) is 6.13. The Morgan fingerprint density at radius 1 is 0.732 bits per heavy atom. The van der Waals surface area contributed by atoms with Gasteiger partial charge in [0.1, 0.15) is 54.2 Å². The van der Waals surface area contributed by atoms with Gasteiger partial charge in [0.2, 0.25) is 0 Å². The van der Waals surface area contributed by atoms with Gasteiger partial charge in [0.25, 0.3) is 0 Å². The van der Waals surface area contributed by atoms with Gasteiger partial charge in [-0.3, -0.25) is 4.79 Å². The normalized spacial score (nSPS) is 53.8. The molecule has 2 heterocycles. The third-order valence-corrected chi connectivity index (χ3v) is 17.2. The van der Waals surface area contributed by atoms with Gasteiger partial charge < -0.3 is 64.9 Å². The number of hydrogen-bond donors (Lipinski definition) is 9. The van der Waals surface area contributed by atoms with Crippen molar-refractivity contribution < 1.29 is 69.7 Å². The number of carbonyl (C=O) groups is 1. The number of carboxylic acids is 1. The van der Waals surface area contributed by atoms with Crippen molar-refractivity contribution in [1.29, 1.82) is 0 Å². The second-order valence-corrected chi connectivity index (χ2v) is 20.8. The van der Waals surface area contributed by atoms with Crippen LogP contribution in [0.5, 0.6) is 0 Å². The fourth-order valence-electron chi connectivity index (χ4n) is 13.9. The summed E-state index contributed by atoms with van der Waals surface area (Å²) >= 11 is 0. The van der Waals surface area contributed by atoms with Gasteiger partial charge in [0.15, 0.2) is 12.6 Å². The Morgan fingerprint density at radius 2 is 1.36 bits per heavy atom. The molecule has 7 rings (SSSR count). The Morgan fingerprint density at radius 3 is 2.00 bits per heavy atom. The lowest BCUT2D eigenvalue weighted by Crippen LogP contribution is -2.67. The van der Waals surface area contributed by atoms with Gasteiger partial charge in [0.05, 0.1) is 25.4 Å². The number of aliphatic carboxylic acids is 1. The summed E-state index contributed by atoms with van der Waals surface area (Å²) in [5.41, 5.74) is -0.895. The first kappa shape index (κ1) is 42.8. The fourth-order valence-corrected chi connectivity index (χ4v) is 13.9. The molecule has 0 spiro atoms. The maximum atomic E-state index is 13.1. The van der Waals surface area contributed by atoms with E-state index in [-0.39, 0.29) is 39.6 Å². The summed E-state index contributed by atoms with van der Waals surface area (Å²) in [6, 6.07) is 0. The van der Waals surface area contributed by atoms with E-state index in [4.69, 9.17) is 18.9 Å². The maximum absolute atomic E-state index is 13.1. The van der Waals surface area contributed by atoms with E-state index in [2.05, 4.69) is 54.5 Å². The number of aliphatic hydroxyl groups excluding tert-OH is 8. The molecule has 6 fully saturated rings. The number of aliphatic hydroxyl groups is 8. The van der Waals surface area contributed by atoms with Crippen molar-refractivity contribution in [1.82, 2.24) is 0 Å². The second-order valence-electron chi connectivity index (χ2n) is 20.8. The van der Waals surface area contributed by atoms with Crippen LogP contribution in [0.25, 0.3) is 0 Å². The van der Waals surface area contributed by atoms with E-state index in [0.717, 1.165) is 32.1 Å². The van der Waals surface area contributed by atoms with Gasteiger partial charge in [0, 0.05) is 0 Å². The molecule has 9 N–H and O–H groups in total. The average molecular weight is 797 g/mol. The third-order valence-electron chi connectivity index (χ3n) is 17.2. The molecule has 2 aliphatic heterocycles. The number of allylic oxidation sites excluding steroid dienone is 2. The summed E-state index contributed by atoms with van der Waals surface area (Å²) in [4.78, 5) is 13.1. The Balaban J connectivity index is 1.09. The quantitative estimate of drug-likeness (QED) is 0.132. The first-order valence-corrected chi connectivity index (χ1v) is 20.9. The molecule has 56 heavy (non-hydrogen) atoms. The predicted octanol–water partition coefficient (Wildman–Crippen LogP) is 1.85. The van der Waals surface area contributed by atoms with Crippen molar-refractivity contribution in [2.75, 3.05) is 13.2 Å². The highest BCUT2D eigenvalue weighted by atomic mass is 16.7. The largest absolute Gasteiger partial charge is 0.481 e. The molecule has 19 atom stereocenters. The van der Waals surface area contributed by atoms with Gasteiger partial charge in [-0.2, -0.15) is 0 Å². The molecule has 0 bridgehead atoms. The van der Waals surface area contributed by atoms with E-state index in [1.165, 1.54) is 5.57 Å². The van der Waals surface area contributed by atoms with Crippen LogP contribution in [0.3, 0.4) is 0 Å². The zero-order chi connectivity index (χ0) is 41.1. The molecule has 320 valence electrons. The van der Waals surface area contributed by atoms with E-state index in [1.807, 2.05) is 0 Å². The second kappa shape index (κ2) is 14.4. The highest BCUT2D eigenvalue weighted by molar-refractivity contribution is 5.77. The van der Waals surface area contributed by atoms with Crippen molar-refractivity contribution in [2.45, 2.75) is 180 Å².